The van der Waals surface area contributed by atoms with Gasteiger partial charge < -0.3 is 9.47 Å². The molecule has 32 heavy (non-hydrogen) atoms. The van der Waals surface area contributed by atoms with Gasteiger partial charge in [0.15, 0.2) is 14.8 Å². The molecule has 0 spiro atoms. The summed E-state index contributed by atoms with van der Waals surface area (Å²) >= 11 is 28.4. The lowest BCUT2D eigenvalue weighted by atomic mass is 10.0. The van der Waals surface area contributed by atoms with Gasteiger partial charge in [0.1, 0.15) is 11.5 Å². The molecule has 0 fully saturated rings. The maximum absolute atomic E-state index is 12.9. The summed E-state index contributed by atoms with van der Waals surface area (Å²) in [6.45, 7) is 0. The van der Waals surface area contributed by atoms with Crippen LogP contribution in [0.2, 0.25) is 0 Å². The fourth-order valence-corrected chi connectivity index (χ4v) is 7.49. The van der Waals surface area contributed by atoms with E-state index in [-0.39, 0.29) is 15.4 Å². The molecule has 0 amide bonds. The Morgan fingerprint density at radius 1 is 0.688 bits per heavy atom. The van der Waals surface area contributed by atoms with Crippen LogP contribution in [-0.2, 0) is 0 Å². The second-order valence-corrected chi connectivity index (χ2v) is 14.0. The van der Waals surface area contributed by atoms with Crippen molar-refractivity contribution in [1.82, 2.24) is 0 Å². The lowest BCUT2D eigenvalue weighted by Gasteiger charge is -2.30. The van der Waals surface area contributed by atoms with Crippen molar-refractivity contribution >= 4 is 133 Å². The van der Waals surface area contributed by atoms with E-state index < -0.39 is 9.02 Å². The Morgan fingerprint density at radius 2 is 1.00 bits per heavy atom. The van der Waals surface area contributed by atoms with Crippen LogP contribution in [0, 0.1) is 0 Å². The summed E-state index contributed by atoms with van der Waals surface area (Å²) in [6.07, 6.45) is 0. The molecule has 2 aromatic carbocycles. The zero-order chi connectivity index (χ0) is 23.9. The van der Waals surface area contributed by atoms with Gasteiger partial charge >= 0.3 is 0 Å². The van der Waals surface area contributed by atoms with Gasteiger partial charge in [-0.25, -0.2) is 0 Å². The van der Waals surface area contributed by atoms with Crippen molar-refractivity contribution in [2.75, 3.05) is 21.3 Å². The van der Waals surface area contributed by atoms with Gasteiger partial charge in [-0.05, 0) is 80.4 Å². The van der Waals surface area contributed by atoms with Crippen LogP contribution in [0.4, 0.5) is 0 Å². The highest BCUT2D eigenvalue weighted by Gasteiger charge is 2.36. The summed E-state index contributed by atoms with van der Waals surface area (Å²) in [7, 11) is 0. The van der Waals surface area contributed by atoms with E-state index >= 15 is 0 Å². The van der Waals surface area contributed by atoms with Crippen LogP contribution in [0.15, 0.2) is 48.5 Å². The van der Waals surface area contributed by atoms with Gasteiger partial charge in [-0.2, -0.15) is 0 Å². The van der Waals surface area contributed by atoms with Crippen molar-refractivity contribution in [2.45, 2.75) is 18.7 Å². The highest BCUT2D eigenvalue weighted by molar-refractivity contribution is 9.15. The monoisotopic (exact) mass is 949 g/mol. The zero-order valence-electron chi connectivity index (χ0n) is 16.4. The van der Waals surface area contributed by atoms with Crippen molar-refractivity contribution in [3.8, 4) is 11.5 Å². The third kappa shape index (κ3) is 7.77. The molecule has 0 heterocycles. The van der Waals surface area contributed by atoms with Crippen LogP contribution in [0.25, 0.3) is 0 Å². The Hall–Kier alpha value is 1.55. The second kappa shape index (κ2) is 13.7. The fourth-order valence-electron chi connectivity index (χ4n) is 2.49. The molecule has 0 radical (unpaired) electrons. The summed E-state index contributed by atoms with van der Waals surface area (Å²) in [5.74, 6) is 1.25. The number of ether oxygens (including phenoxy) is 2. The quantitative estimate of drug-likeness (QED) is 0.158. The summed E-state index contributed by atoms with van der Waals surface area (Å²) < 4.78 is 10.9. The molecule has 0 aliphatic rings. The van der Waals surface area contributed by atoms with Gasteiger partial charge in [-0.1, -0.05) is 95.6 Å². The van der Waals surface area contributed by atoms with Crippen molar-refractivity contribution in [3.63, 3.8) is 0 Å². The number of benzene rings is 2. The normalized spacial score (nSPS) is 17.0. The van der Waals surface area contributed by atoms with E-state index in [1.54, 1.807) is 48.5 Å². The number of hydrogen-bond donors (Lipinski definition) is 0. The van der Waals surface area contributed by atoms with Crippen LogP contribution in [0.3, 0.4) is 0 Å². The van der Waals surface area contributed by atoms with Crippen LogP contribution in [0.1, 0.15) is 15.9 Å². The third-order valence-electron chi connectivity index (χ3n) is 4.38. The molecule has 0 aliphatic carbocycles. The molecule has 176 valence electrons. The maximum atomic E-state index is 12.9. The predicted molar refractivity (Wildman–Crippen MR) is 161 cm³/mol. The van der Waals surface area contributed by atoms with Crippen molar-refractivity contribution in [3.05, 3.63) is 59.7 Å². The van der Waals surface area contributed by atoms with E-state index in [1.165, 1.54) is 0 Å². The van der Waals surface area contributed by atoms with E-state index in [2.05, 4.69) is 127 Å². The van der Waals surface area contributed by atoms with Crippen molar-refractivity contribution in [2.24, 2.45) is 0 Å². The summed E-state index contributed by atoms with van der Waals surface area (Å²) in [6, 6.07) is 14.2. The molecule has 4 unspecified atom stereocenters. The number of halogens is 8. The molecule has 0 aromatic heterocycles. The Balaban J connectivity index is 2.12. The smallest absolute Gasteiger partial charge is 0.193 e. The minimum absolute atomic E-state index is 0.0357. The molecule has 11 heteroatoms. The van der Waals surface area contributed by atoms with E-state index in [9.17, 15) is 4.79 Å². The number of rotatable bonds is 12. The fraction of sp³-hybridized carbons (Fsp3) is 0.381. The summed E-state index contributed by atoms with van der Waals surface area (Å²) in [5.41, 5.74) is 1.16. The standard InChI is InChI=1S/C21H18Br8O3/c22-9-17(26)20(28,11-24)31-15-5-1-13(2-6-15)19(30)14-3-7-16(8-4-14)32-21(29,12-25)18(27)10-23/h1-8,17-18H,9-12H2. The molecule has 0 saturated heterocycles. The topological polar surface area (TPSA) is 35.5 Å². The summed E-state index contributed by atoms with van der Waals surface area (Å²) in [5, 5.41) is 2.57. The number of ketones is 1. The molecule has 4 atom stereocenters. The lowest BCUT2D eigenvalue weighted by molar-refractivity contribution is 0.103. The zero-order valence-corrected chi connectivity index (χ0v) is 29.0. The Kier molecular flexibility index (Phi) is 12.8. The minimum atomic E-state index is -0.624. The third-order valence-corrected chi connectivity index (χ3v) is 15.9. The van der Waals surface area contributed by atoms with E-state index in [0.29, 0.717) is 43.9 Å². The van der Waals surface area contributed by atoms with Crippen LogP contribution in [-0.4, -0.2) is 45.8 Å². The van der Waals surface area contributed by atoms with Crippen LogP contribution in [0.5, 0.6) is 11.5 Å². The van der Waals surface area contributed by atoms with Crippen molar-refractivity contribution in [1.29, 1.82) is 0 Å². The predicted octanol–water partition coefficient (Wildman–Crippen LogP) is 8.96. The van der Waals surface area contributed by atoms with Crippen LogP contribution >= 0.6 is 127 Å². The molecular formula is C21H18Br8O3. The van der Waals surface area contributed by atoms with Gasteiger partial charge in [0.2, 0.25) is 0 Å². The number of carbonyl (C=O) groups is 1. The summed E-state index contributed by atoms with van der Waals surface area (Å²) in [4.78, 5) is 13.0. The molecule has 2 aromatic rings. The lowest BCUT2D eigenvalue weighted by Crippen LogP contribution is -2.41. The SMILES string of the molecule is O=C(c1ccc(OC(Br)(CBr)C(Br)CBr)cc1)c1ccc(OC(Br)(CBr)C(Br)CBr)cc1. The first-order chi connectivity index (χ1) is 15.1. The van der Waals surface area contributed by atoms with E-state index in [4.69, 9.17) is 9.47 Å². The molecule has 0 bridgehead atoms. The van der Waals surface area contributed by atoms with Crippen LogP contribution < -0.4 is 9.47 Å². The highest BCUT2D eigenvalue weighted by atomic mass is 79.9. The molecular weight excluding hydrogens is 939 g/mol. The maximum Gasteiger partial charge on any atom is 0.193 e. The molecule has 2 rings (SSSR count). The first-order valence-electron chi connectivity index (χ1n) is 9.15. The highest BCUT2D eigenvalue weighted by Crippen LogP contribution is 2.36. The Labute approximate surface area is 255 Å². The first kappa shape index (κ1) is 29.8. The van der Waals surface area contributed by atoms with Gasteiger partial charge in [-0.3, -0.25) is 4.79 Å². The number of carbonyl (C=O) groups excluding carboxylic acids is 1. The van der Waals surface area contributed by atoms with Crippen molar-refractivity contribution < 1.29 is 14.3 Å². The number of hydrogen-bond acceptors (Lipinski definition) is 3. The molecule has 0 aliphatic heterocycles. The molecule has 0 N–H and O–H groups in total. The Morgan fingerprint density at radius 3 is 1.25 bits per heavy atom. The van der Waals surface area contributed by atoms with Gasteiger partial charge in [-0.15, -0.1) is 0 Å². The average molecular weight is 958 g/mol. The second-order valence-electron chi connectivity index (χ2n) is 6.67. The number of alkyl halides is 8. The Bertz CT molecular complexity index is 808. The minimum Gasteiger partial charge on any atom is -0.474 e. The van der Waals surface area contributed by atoms with E-state index in [0.717, 1.165) is 0 Å². The molecule has 3 nitrogen and oxygen atoms in total. The van der Waals surface area contributed by atoms with Gasteiger partial charge in [0.05, 0.1) is 20.3 Å². The largest absolute Gasteiger partial charge is 0.474 e. The van der Waals surface area contributed by atoms with E-state index in [1.807, 2.05) is 0 Å². The molecule has 0 saturated carbocycles. The average Bonchev–Trinajstić information content (AvgIpc) is 2.83. The van der Waals surface area contributed by atoms with Gasteiger partial charge in [0, 0.05) is 21.8 Å². The first-order valence-corrected chi connectivity index (χ1v) is 17.1. The van der Waals surface area contributed by atoms with Gasteiger partial charge in [0.25, 0.3) is 0 Å².